The van der Waals surface area contributed by atoms with Crippen molar-refractivity contribution in [1.29, 1.82) is 0 Å². The third-order valence-corrected chi connectivity index (χ3v) is 3.86. The van der Waals surface area contributed by atoms with Crippen molar-refractivity contribution >= 4 is 0 Å². The highest BCUT2D eigenvalue weighted by Crippen LogP contribution is 2.36. The van der Waals surface area contributed by atoms with Crippen LogP contribution in [0.3, 0.4) is 0 Å². The summed E-state index contributed by atoms with van der Waals surface area (Å²) < 4.78 is 11.4. The first kappa shape index (κ1) is 13.2. The van der Waals surface area contributed by atoms with Crippen molar-refractivity contribution in [2.24, 2.45) is 0 Å². The quantitative estimate of drug-likeness (QED) is 0.727. The lowest BCUT2D eigenvalue weighted by Crippen LogP contribution is -2.45. The lowest BCUT2D eigenvalue weighted by atomic mass is 9.89. The zero-order chi connectivity index (χ0) is 12.3. The van der Waals surface area contributed by atoms with Gasteiger partial charge in [0.2, 0.25) is 0 Å². The van der Waals surface area contributed by atoms with E-state index >= 15 is 0 Å². The van der Waals surface area contributed by atoms with Gasteiger partial charge in [0, 0.05) is 25.4 Å². The van der Waals surface area contributed by atoms with E-state index in [4.69, 9.17) is 14.6 Å². The SMILES string of the molecule is CN(CC(O)CO)C1CCC2(CC1)OCCO2. The monoisotopic (exact) mass is 245 g/mol. The molecule has 0 aromatic carbocycles. The molecule has 1 atom stereocenters. The van der Waals surface area contributed by atoms with E-state index in [2.05, 4.69) is 4.90 Å². The van der Waals surface area contributed by atoms with Gasteiger partial charge in [0.1, 0.15) is 0 Å². The number of nitrogens with zero attached hydrogens (tertiary/aromatic N) is 1. The molecule has 1 aliphatic heterocycles. The largest absolute Gasteiger partial charge is 0.394 e. The third kappa shape index (κ3) is 3.17. The molecule has 100 valence electrons. The molecule has 0 radical (unpaired) electrons. The van der Waals surface area contributed by atoms with Crippen LogP contribution >= 0.6 is 0 Å². The molecule has 0 bridgehead atoms. The van der Waals surface area contributed by atoms with Crippen LogP contribution in [0.2, 0.25) is 0 Å². The third-order valence-electron chi connectivity index (χ3n) is 3.86. The maximum absolute atomic E-state index is 9.42. The highest BCUT2D eigenvalue weighted by Gasteiger charge is 2.41. The molecule has 1 spiro atoms. The minimum atomic E-state index is -0.644. The molecule has 0 aromatic rings. The first-order chi connectivity index (χ1) is 8.15. The van der Waals surface area contributed by atoms with E-state index in [0.29, 0.717) is 25.8 Å². The Bertz CT molecular complexity index is 233. The fourth-order valence-corrected chi connectivity index (χ4v) is 2.81. The van der Waals surface area contributed by atoms with Crippen LogP contribution in [0.5, 0.6) is 0 Å². The van der Waals surface area contributed by atoms with Gasteiger partial charge in [-0.15, -0.1) is 0 Å². The molecule has 2 aliphatic rings. The molecule has 5 nitrogen and oxygen atoms in total. The summed E-state index contributed by atoms with van der Waals surface area (Å²) in [4.78, 5) is 2.13. The van der Waals surface area contributed by atoms with E-state index in [9.17, 15) is 5.11 Å². The number of aliphatic hydroxyl groups is 2. The van der Waals surface area contributed by atoms with Crippen LogP contribution in [0.25, 0.3) is 0 Å². The predicted molar refractivity (Wildman–Crippen MR) is 62.6 cm³/mol. The minimum Gasteiger partial charge on any atom is -0.394 e. The molecular weight excluding hydrogens is 222 g/mol. The molecule has 1 heterocycles. The van der Waals surface area contributed by atoms with Crippen molar-refractivity contribution in [2.45, 2.75) is 43.6 Å². The Morgan fingerprint density at radius 2 is 1.88 bits per heavy atom. The number of aliphatic hydroxyl groups excluding tert-OH is 2. The van der Waals surface area contributed by atoms with Crippen LogP contribution in [-0.2, 0) is 9.47 Å². The molecule has 2 N–H and O–H groups in total. The summed E-state index contributed by atoms with van der Waals surface area (Å²) >= 11 is 0. The summed E-state index contributed by atoms with van der Waals surface area (Å²) in [6, 6.07) is 0.453. The molecule has 2 fully saturated rings. The Labute approximate surface area is 102 Å². The number of rotatable bonds is 4. The molecule has 2 rings (SSSR count). The van der Waals surface area contributed by atoms with Gasteiger partial charge in [0.15, 0.2) is 5.79 Å². The van der Waals surface area contributed by atoms with Gasteiger partial charge in [-0.2, -0.15) is 0 Å². The van der Waals surface area contributed by atoms with Gasteiger partial charge in [0.25, 0.3) is 0 Å². The van der Waals surface area contributed by atoms with Crippen LogP contribution < -0.4 is 0 Å². The maximum Gasteiger partial charge on any atom is 0.168 e. The van der Waals surface area contributed by atoms with E-state index in [1.807, 2.05) is 7.05 Å². The Morgan fingerprint density at radius 1 is 1.29 bits per heavy atom. The van der Waals surface area contributed by atoms with Crippen LogP contribution in [0.1, 0.15) is 25.7 Å². The predicted octanol–water partition coefficient (Wildman–Crippen LogP) is -0.0429. The maximum atomic E-state index is 9.42. The van der Waals surface area contributed by atoms with E-state index in [1.54, 1.807) is 0 Å². The molecule has 1 saturated heterocycles. The summed E-state index contributed by atoms with van der Waals surface area (Å²) in [5.41, 5.74) is 0. The first-order valence-electron chi connectivity index (χ1n) is 6.42. The number of likely N-dealkylation sites (N-methyl/N-ethyl adjacent to an activating group) is 1. The van der Waals surface area contributed by atoms with Gasteiger partial charge in [-0.05, 0) is 19.9 Å². The fraction of sp³-hybridized carbons (Fsp3) is 1.00. The topological polar surface area (TPSA) is 62.2 Å². The van der Waals surface area contributed by atoms with E-state index in [0.717, 1.165) is 25.7 Å². The van der Waals surface area contributed by atoms with Gasteiger partial charge in [-0.1, -0.05) is 0 Å². The molecule has 17 heavy (non-hydrogen) atoms. The molecular formula is C12H23NO4. The molecule has 1 aliphatic carbocycles. The lowest BCUT2D eigenvalue weighted by molar-refractivity contribution is -0.183. The Balaban J connectivity index is 1.78. The summed E-state index contributed by atoms with van der Waals surface area (Å²) in [5.74, 6) is -0.313. The number of ether oxygens (including phenoxy) is 2. The fourth-order valence-electron chi connectivity index (χ4n) is 2.81. The molecule has 1 saturated carbocycles. The second-order valence-corrected chi connectivity index (χ2v) is 5.11. The van der Waals surface area contributed by atoms with Crippen molar-refractivity contribution in [2.75, 3.05) is 33.4 Å². The zero-order valence-corrected chi connectivity index (χ0v) is 10.5. The Kier molecular flexibility index (Phi) is 4.38. The van der Waals surface area contributed by atoms with E-state index < -0.39 is 6.10 Å². The van der Waals surface area contributed by atoms with Crippen LogP contribution in [0.15, 0.2) is 0 Å². The normalized spacial score (nSPS) is 26.8. The van der Waals surface area contributed by atoms with Crippen LogP contribution in [-0.4, -0.2) is 66.5 Å². The average molecular weight is 245 g/mol. The van der Waals surface area contributed by atoms with Crippen molar-refractivity contribution < 1.29 is 19.7 Å². The molecule has 1 unspecified atom stereocenters. The van der Waals surface area contributed by atoms with Crippen LogP contribution in [0.4, 0.5) is 0 Å². The summed E-state index contributed by atoms with van der Waals surface area (Å²) in [6.07, 6.45) is 3.26. The van der Waals surface area contributed by atoms with Gasteiger partial charge < -0.3 is 24.6 Å². The molecule has 5 heteroatoms. The summed E-state index contributed by atoms with van der Waals surface area (Å²) in [7, 11) is 2.00. The van der Waals surface area contributed by atoms with Crippen molar-refractivity contribution in [1.82, 2.24) is 4.90 Å². The van der Waals surface area contributed by atoms with Gasteiger partial charge in [0.05, 0.1) is 25.9 Å². The first-order valence-corrected chi connectivity index (χ1v) is 6.42. The van der Waals surface area contributed by atoms with Crippen molar-refractivity contribution in [3.05, 3.63) is 0 Å². The average Bonchev–Trinajstić information content (AvgIpc) is 2.78. The zero-order valence-electron chi connectivity index (χ0n) is 10.5. The van der Waals surface area contributed by atoms with E-state index in [1.165, 1.54) is 0 Å². The van der Waals surface area contributed by atoms with Crippen LogP contribution in [0, 0.1) is 0 Å². The second kappa shape index (κ2) is 5.63. The number of hydrogen-bond donors (Lipinski definition) is 2. The standard InChI is InChI=1S/C12H23NO4/c1-13(8-11(15)9-14)10-2-4-12(5-3-10)16-6-7-17-12/h10-11,14-15H,2-9H2,1H3. The van der Waals surface area contributed by atoms with Gasteiger partial charge >= 0.3 is 0 Å². The highest BCUT2D eigenvalue weighted by atomic mass is 16.7. The molecule has 0 amide bonds. The van der Waals surface area contributed by atoms with Crippen molar-refractivity contribution in [3.8, 4) is 0 Å². The molecule has 0 aromatic heterocycles. The lowest BCUT2D eigenvalue weighted by Gasteiger charge is -2.39. The Morgan fingerprint density at radius 3 is 2.41 bits per heavy atom. The Hall–Kier alpha value is -0.200. The van der Waals surface area contributed by atoms with Gasteiger partial charge in [-0.25, -0.2) is 0 Å². The van der Waals surface area contributed by atoms with Gasteiger partial charge in [-0.3, -0.25) is 0 Å². The second-order valence-electron chi connectivity index (χ2n) is 5.11. The summed E-state index contributed by atoms with van der Waals surface area (Å²) in [5, 5.41) is 18.3. The summed E-state index contributed by atoms with van der Waals surface area (Å²) in [6.45, 7) is 1.77. The van der Waals surface area contributed by atoms with Crippen molar-refractivity contribution in [3.63, 3.8) is 0 Å². The number of hydrogen-bond acceptors (Lipinski definition) is 5. The van der Waals surface area contributed by atoms with E-state index in [-0.39, 0.29) is 12.4 Å². The highest BCUT2D eigenvalue weighted by molar-refractivity contribution is 4.86. The smallest absolute Gasteiger partial charge is 0.168 e. The minimum absolute atomic E-state index is 0.173.